The summed E-state index contributed by atoms with van der Waals surface area (Å²) >= 11 is 0. The number of carbonyl (C=O) groups is 1. The molecule has 1 aliphatic heterocycles. The number of nitrogens with one attached hydrogen (secondary N) is 1. The Morgan fingerprint density at radius 1 is 1.33 bits per heavy atom. The predicted octanol–water partition coefficient (Wildman–Crippen LogP) is 1.22. The molecule has 3 nitrogen and oxygen atoms in total. The van der Waals surface area contributed by atoms with Gasteiger partial charge >= 0.3 is 0 Å². The highest BCUT2D eigenvalue weighted by atomic mass is 16.1. The van der Waals surface area contributed by atoms with E-state index in [1.807, 2.05) is 18.2 Å². The number of hydrogen-bond acceptors (Lipinski definition) is 1. The zero-order valence-electron chi connectivity index (χ0n) is 6.37. The molecule has 0 aromatic carbocycles. The van der Waals surface area contributed by atoms with Crippen molar-refractivity contribution in [3.63, 3.8) is 0 Å². The molecule has 0 saturated heterocycles. The SMILES string of the molecule is NC(=O)c1ccc2ccc[nH]c1-2. The zero-order chi connectivity index (χ0) is 8.55. The van der Waals surface area contributed by atoms with E-state index in [0.717, 1.165) is 11.3 Å². The summed E-state index contributed by atoms with van der Waals surface area (Å²) in [6.45, 7) is 0. The average molecular weight is 160 g/mol. The Balaban J connectivity index is 2.67. The van der Waals surface area contributed by atoms with Gasteiger partial charge in [0.2, 0.25) is 0 Å². The summed E-state index contributed by atoms with van der Waals surface area (Å²) in [5, 5.41) is 0. The largest absolute Gasteiger partial charge is 0.366 e. The molecule has 0 fully saturated rings. The van der Waals surface area contributed by atoms with Gasteiger partial charge in [0.05, 0.1) is 11.3 Å². The van der Waals surface area contributed by atoms with Crippen molar-refractivity contribution in [3.05, 3.63) is 36.0 Å². The third-order valence-electron chi connectivity index (χ3n) is 1.85. The fourth-order valence-corrected chi connectivity index (χ4v) is 1.28. The molecule has 0 unspecified atom stereocenters. The minimum absolute atomic E-state index is 0.396. The van der Waals surface area contributed by atoms with Crippen LogP contribution in [0.25, 0.3) is 11.3 Å². The van der Waals surface area contributed by atoms with E-state index in [4.69, 9.17) is 5.73 Å². The lowest BCUT2D eigenvalue weighted by atomic mass is 10.2. The number of fused-ring (bicyclic) bond motifs is 1. The molecule has 3 heteroatoms. The Morgan fingerprint density at radius 3 is 2.92 bits per heavy atom. The molecule has 0 spiro atoms. The molecule has 1 aliphatic carbocycles. The summed E-state index contributed by atoms with van der Waals surface area (Å²) in [5.74, 6) is -0.396. The van der Waals surface area contributed by atoms with E-state index >= 15 is 0 Å². The number of amides is 1. The van der Waals surface area contributed by atoms with Crippen LogP contribution in [0.2, 0.25) is 0 Å². The predicted molar refractivity (Wildman–Crippen MR) is 45.9 cm³/mol. The lowest BCUT2D eigenvalue weighted by Crippen LogP contribution is -2.10. The summed E-state index contributed by atoms with van der Waals surface area (Å²) < 4.78 is 0. The van der Waals surface area contributed by atoms with Crippen LogP contribution in [0.5, 0.6) is 0 Å². The topological polar surface area (TPSA) is 58.9 Å². The number of nitrogens with two attached hydrogens (primary N) is 1. The molecule has 60 valence electrons. The van der Waals surface area contributed by atoms with Gasteiger partial charge in [-0.15, -0.1) is 0 Å². The van der Waals surface area contributed by atoms with Crippen LogP contribution in [0, 0.1) is 0 Å². The van der Waals surface area contributed by atoms with Crippen LogP contribution in [0.1, 0.15) is 10.4 Å². The molecular weight excluding hydrogens is 152 g/mol. The number of aromatic amines is 1. The molecular formula is C9H8N2O. The summed E-state index contributed by atoms with van der Waals surface area (Å²) in [4.78, 5) is 13.9. The maximum atomic E-state index is 10.9. The fraction of sp³-hybridized carbons (Fsp3) is 0. The van der Waals surface area contributed by atoms with E-state index in [-0.39, 0.29) is 0 Å². The van der Waals surface area contributed by atoms with Gasteiger partial charge in [-0.2, -0.15) is 0 Å². The smallest absolute Gasteiger partial charge is 0.250 e. The van der Waals surface area contributed by atoms with Gasteiger partial charge in [-0.05, 0) is 17.7 Å². The molecule has 1 heterocycles. The average Bonchev–Trinajstić information content (AvgIpc) is 2.47. The van der Waals surface area contributed by atoms with Crippen LogP contribution in [0.3, 0.4) is 0 Å². The molecule has 0 aromatic heterocycles. The maximum absolute atomic E-state index is 10.9. The second-order valence-electron chi connectivity index (χ2n) is 2.61. The van der Waals surface area contributed by atoms with Crippen molar-refractivity contribution in [1.29, 1.82) is 0 Å². The van der Waals surface area contributed by atoms with Crippen molar-refractivity contribution in [2.24, 2.45) is 5.73 Å². The van der Waals surface area contributed by atoms with Crippen molar-refractivity contribution in [3.8, 4) is 11.3 Å². The highest BCUT2D eigenvalue weighted by Crippen LogP contribution is 2.24. The maximum Gasteiger partial charge on any atom is 0.250 e. The number of rotatable bonds is 1. The third-order valence-corrected chi connectivity index (χ3v) is 1.85. The molecule has 0 bridgehead atoms. The van der Waals surface area contributed by atoms with Crippen molar-refractivity contribution < 1.29 is 4.79 Å². The van der Waals surface area contributed by atoms with Gasteiger partial charge in [-0.25, -0.2) is 0 Å². The van der Waals surface area contributed by atoms with E-state index in [9.17, 15) is 4.79 Å². The monoisotopic (exact) mass is 160 g/mol. The molecule has 0 atom stereocenters. The second kappa shape index (κ2) is 2.37. The molecule has 1 amide bonds. The highest BCUT2D eigenvalue weighted by molar-refractivity contribution is 6.00. The Kier molecular flexibility index (Phi) is 1.37. The Bertz CT molecular complexity index is 392. The number of H-pyrrole nitrogens is 1. The Morgan fingerprint density at radius 2 is 2.17 bits per heavy atom. The fourth-order valence-electron chi connectivity index (χ4n) is 1.28. The first kappa shape index (κ1) is 6.91. The first-order valence-corrected chi connectivity index (χ1v) is 3.65. The molecule has 2 aliphatic rings. The van der Waals surface area contributed by atoms with Gasteiger partial charge in [0.1, 0.15) is 0 Å². The van der Waals surface area contributed by atoms with Gasteiger partial charge in [0.15, 0.2) is 0 Å². The van der Waals surface area contributed by atoms with Crippen molar-refractivity contribution in [1.82, 2.24) is 4.98 Å². The van der Waals surface area contributed by atoms with E-state index in [0.29, 0.717) is 5.56 Å². The molecule has 12 heavy (non-hydrogen) atoms. The first-order valence-electron chi connectivity index (χ1n) is 3.65. The van der Waals surface area contributed by atoms with E-state index < -0.39 is 5.91 Å². The quantitative estimate of drug-likeness (QED) is 0.647. The number of hydrogen-bond donors (Lipinski definition) is 2. The molecule has 0 aromatic rings. The zero-order valence-corrected chi connectivity index (χ0v) is 6.37. The minimum Gasteiger partial charge on any atom is -0.366 e. The molecule has 0 saturated carbocycles. The van der Waals surface area contributed by atoms with Gasteiger partial charge in [-0.1, -0.05) is 12.1 Å². The Labute approximate surface area is 69.5 Å². The van der Waals surface area contributed by atoms with E-state index in [1.54, 1.807) is 12.3 Å². The van der Waals surface area contributed by atoms with Crippen molar-refractivity contribution in [2.75, 3.05) is 0 Å². The third kappa shape index (κ3) is 0.871. The van der Waals surface area contributed by atoms with Crippen LogP contribution >= 0.6 is 0 Å². The number of pyridine rings is 1. The van der Waals surface area contributed by atoms with Crippen molar-refractivity contribution >= 4 is 5.91 Å². The summed E-state index contributed by atoms with van der Waals surface area (Å²) in [6.07, 6.45) is 1.77. The lowest BCUT2D eigenvalue weighted by molar-refractivity contribution is 0.100. The first-order chi connectivity index (χ1) is 5.79. The second-order valence-corrected chi connectivity index (χ2v) is 2.61. The Hall–Kier alpha value is -1.77. The molecule has 3 N–H and O–H groups in total. The standard InChI is InChI=1S/C9H8N2O/c10-9(12)7-4-3-6-2-1-5-11-8(6)7/h1-5,11H,(H2,10,12). The van der Waals surface area contributed by atoms with Crippen LogP contribution in [-0.4, -0.2) is 10.9 Å². The van der Waals surface area contributed by atoms with Gasteiger partial charge in [0, 0.05) is 6.20 Å². The molecule has 2 rings (SSSR count). The number of aromatic nitrogens is 1. The van der Waals surface area contributed by atoms with Crippen LogP contribution in [-0.2, 0) is 0 Å². The summed E-state index contributed by atoms with van der Waals surface area (Å²) in [5.41, 5.74) is 7.53. The van der Waals surface area contributed by atoms with Crippen LogP contribution < -0.4 is 5.73 Å². The minimum atomic E-state index is -0.396. The summed E-state index contributed by atoms with van der Waals surface area (Å²) in [6, 6.07) is 7.40. The normalized spacial score (nSPS) is 10.3. The van der Waals surface area contributed by atoms with Crippen LogP contribution in [0.4, 0.5) is 0 Å². The highest BCUT2D eigenvalue weighted by Gasteiger charge is 2.12. The summed E-state index contributed by atoms with van der Waals surface area (Å²) in [7, 11) is 0. The lowest BCUT2D eigenvalue weighted by Gasteiger charge is -1.99. The van der Waals surface area contributed by atoms with Gasteiger partial charge < -0.3 is 10.7 Å². The van der Waals surface area contributed by atoms with Gasteiger partial charge in [0.25, 0.3) is 5.91 Å². The van der Waals surface area contributed by atoms with E-state index in [2.05, 4.69) is 4.98 Å². The molecule has 0 radical (unpaired) electrons. The van der Waals surface area contributed by atoms with E-state index in [1.165, 1.54) is 0 Å². The van der Waals surface area contributed by atoms with Gasteiger partial charge in [-0.3, -0.25) is 4.79 Å². The van der Waals surface area contributed by atoms with Crippen molar-refractivity contribution in [2.45, 2.75) is 0 Å². The number of primary amides is 1. The van der Waals surface area contributed by atoms with Crippen LogP contribution in [0.15, 0.2) is 30.5 Å². The number of carbonyl (C=O) groups excluding carboxylic acids is 1.